The molecule has 0 aliphatic carbocycles. The second-order valence-electron chi connectivity index (χ2n) is 5.55. The van der Waals surface area contributed by atoms with Crippen LogP contribution in [-0.2, 0) is 6.54 Å². The van der Waals surface area contributed by atoms with E-state index in [1.807, 2.05) is 37.7 Å². The Bertz CT molecular complexity index is 396. The Hall–Kier alpha value is -1.56. The van der Waals surface area contributed by atoms with Crippen LogP contribution in [0.4, 0.5) is 4.79 Å². The number of rotatable bonds is 5. The van der Waals surface area contributed by atoms with Crippen molar-refractivity contribution in [1.82, 2.24) is 24.7 Å². The molecule has 6 heteroatoms. The van der Waals surface area contributed by atoms with Gasteiger partial charge in [0.1, 0.15) is 0 Å². The number of aromatic nitrogens is 2. The summed E-state index contributed by atoms with van der Waals surface area (Å²) >= 11 is 0. The van der Waals surface area contributed by atoms with Gasteiger partial charge in [0.2, 0.25) is 0 Å². The monoisotopic (exact) mass is 279 g/mol. The molecule has 0 spiro atoms. The molecule has 1 aliphatic rings. The molecular formula is C14H25N5O. The molecule has 1 N–H and O–H groups in total. The van der Waals surface area contributed by atoms with E-state index in [0.29, 0.717) is 6.04 Å². The number of imidazole rings is 1. The molecule has 1 aromatic rings. The van der Waals surface area contributed by atoms with Crippen LogP contribution >= 0.6 is 0 Å². The van der Waals surface area contributed by atoms with Crippen LogP contribution in [0.2, 0.25) is 0 Å². The topological polar surface area (TPSA) is 53.4 Å². The van der Waals surface area contributed by atoms with Crippen LogP contribution in [-0.4, -0.2) is 65.2 Å². The van der Waals surface area contributed by atoms with Crippen molar-refractivity contribution in [3.05, 3.63) is 18.7 Å². The number of carbonyl (C=O) groups excluding carboxylic acids is 1. The molecule has 0 aromatic carbocycles. The normalized spacial score (nSPS) is 16.4. The minimum Gasteiger partial charge on any atom is -0.337 e. The molecule has 0 unspecified atom stereocenters. The van der Waals surface area contributed by atoms with Crippen LogP contribution in [0.25, 0.3) is 0 Å². The van der Waals surface area contributed by atoms with Gasteiger partial charge in [-0.3, -0.25) is 0 Å². The Morgan fingerprint density at radius 2 is 2.15 bits per heavy atom. The Balaban J connectivity index is 1.59. The quantitative estimate of drug-likeness (QED) is 0.818. The third-order valence-corrected chi connectivity index (χ3v) is 3.73. The summed E-state index contributed by atoms with van der Waals surface area (Å²) in [5, 5.41) is 3.59. The Morgan fingerprint density at radius 1 is 1.40 bits per heavy atom. The van der Waals surface area contributed by atoms with E-state index in [9.17, 15) is 4.79 Å². The second-order valence-corrected chi connectivity index (χ2v) is 5.55. The first kappa shape index (κ1) is 14.8. The van der Waals surface area contributed by atoms with Crippen LogP contribution in [0.3, 0.4) is 0 Å². The molecule has 1 fully saturated rings. The fourth-order valence-electron chi connectivity index (χ4n) is 2.54. The summed E-state index contributed by atoms with van der Waals surface area (Å²) < 4.78 is 2.10. The van der Waals surface area contributed by atoms with E-state index >= 15 is 0 Å². The zero-order valence-corrected chi connectivity index (χ0v) is 12.5. The van der Waals surface area contributed by atoms with Crippen molar-refractivity contribution in [2.45, 2.75) is 31.8 Å². The standard InChI is InChI=1S/C14H25N5O/c1-17(2)14(20)19-9-4-13(5-10-19)16-6-3-8-18-11-7-15-12-18/h7,11-13,16H,3-6,8-10H2,1-2H3. The van der Waals surface area contributed by atoms with Crippen molar-refractivity contribution in [2.24, 2.45) is 0 Å². The number of nitrogens with zero attached hydrogens (tertiary/aromatic N) is 4. The van der Waals surface area contributed by atoms with Gasteiger partial charge < -0.3 is 19.7 Å². The largest absolute Gasteiger partial charge is 0.337 e. The zero-order valence-electron chi connectivity index (χ0n) is 12.5. The number of hydrogen-bond donors (Lipinski definition) is 1. The molecular weight excluding hydrogens is 254 g/mol. The number of likely N-dealkylation sites (tertiary alicyclic amines) is 1. The van der Waals surface area contributed by atoms with Crippen LogP contribution in [0.5, 0.6) is 0 Å². The average Bonchev–Trinajstić information content (AvgIpc) is 2.96. The highest BCUT2D eigenvalue weighted by molar-refractivity contribution is 5.73. The SMILES string of the molecule is CN(C)C(=O)N1CCC(NCCCn2ccnc2)CC1. The minimum absolute atomic E-state index is 0.128. The van der Waals surface area contributed by atoms with E-state index in [1.165, 1.54) is 0 Å². The number of carbonyl (C=O) groups is 1. The number of urea groups is 1. The lowest BCUT2D eigenvalue weighted by atomic mass is 10.1. The van der Waals surface area contributed by atoms with E-state index in [0.717, 1.165) is 45.4 Å². The molecule has 1 aromatic heterocycles. The van der Waals surface area contributed by atoms with Gasteiger partial charge in [-0.05, 0) is 25.8 Å². The Kier molecular flexibility index (Phi) is 5.40. The lowest BCUT2D eigenvalue weighted by Gasteiger charge is -2.34. The van der Waals surface area contributed by atoms with Gasteiger partial charge in [-0.25, -0.2) is 9.78 Å². The van der Waals surface area contributed by atoms with Crippen LogP contribution in [0, 0.1) is 0 Å². The highest BCUT2D eigenvalue weighted by Gasteiger charge is 2.22. The molecule has 0 saturated carbocycles. The molecule has 0 radical (unpaired) electrons. The minimum atomic E-state index is 0.128. The maximum absolute atomic E-state index is 11.8. The summed E-state index contributed by atoms with van der Waals surface area (Å²) in [5.41, 5.74) is 0. The fraction of sp³-hybridized carbons (Fsp3) is 0.714. The Morgan fingerprint density at radius 3 is 2.75 bits per heavy atom. The van der Waals surface area contributed by atoms with Gasteiger partial charge in [0.25, 0.3) is 0 Å². The summed E-state index contributed by atoms with van der Waals surface area (Å²) in [6.45, 7) is 3.74. The first-order chi connectivity index (χ1) is 9.66. The molecule has 2 heterocycles. The predicted molar refractivity (Wildman–Crippen MR) is 78.5 cm³/mol. The van der Waals surface area contributed by atoms with E-state index in [2.05, 4.69) is 14.9 Å². The summed E-state index contributed by atoms with van der Waals surface area (Å²) in [6, 6.07) is 0.674. The zero-order chi connectivity index (χ0) is 14.4. The van der Waals surface area contributed by atoms with E-state index < -0.39 is 0 Å². The van der Waals surface area contributed by atoms with Gasteiger partial charge in [0.05, 0.1) is 6.33 Å². The number of amides is 2. The average molecular weight is 279 g/mol. The van der Waals surface area contributed by atoms with Crippen molar-refractivity contribution in [3.63, 3.8) is 0 Å². The second kappa shape index (κ2) is 7.28. The van der Waals surface area contributed by atoms with Gasteiger partial charge >= 0.3 is 6.03 Å². The molecule has 112 valence electrons. The predicted octanol–water partition coefficient (Wildman–Crippen LogP) is 1.01. The maximum Gasteiger partial charge on any atom is 0.319 e. The van der Waals surface area contributed by atoms with Crippen LogP contribution in [0.1, 0.15) is 19.3 Å². The van der Waals surface area contributed by atoms with E-state index in [-0.39, 0.29) is 6.03 Å². The van der Waals surface area contributed by atoms with Crippen molar-refractivity contribution < 1.29 is 4.79 Å². The number of nitrogens with one attached hydrogen (secondary N) is 1. The molecule has 6 nitrogen and oxygen atoms in total. The molecule has 2 amide bonds. The molecule has 0 bridgehead atoms. The van der Waals surface area contributed by atoms with Gasteiger partial charge in [0, 0.05) is 52.2 Å². The lowest BCUT2D eigenvalue weighted by Crippen LogP contribution is -2.48. The highest BCUT2D eigenvalue weighted by Crippen LogP contribution is 2.11. The Labute approximate surface area is 120 Å². The van der Waals surface area contributed by atoms with Crippen LogP contribution < -0.4 is 5.32 Å². The summed E-state index contributed by atoms with van der Waals surface area (Å²) in [6.07, 6.45) is 8.85. The van der Waals surface area contributed by atoms with E-state index in [4.69, 9.17) is 0 Å². The smallest absolute Gasteiger partial charge is 0.319 e. The van der Waals surface area contributed by atoms with Crippen molar-refractivity contribution in [2.75, 3.05) is 33.7 Å². The third kappa shape index (κ3) is 4.23. The number of aryl methyl sites for hydroxylation is 1. The van der Waals surface area contributed by atoms with Crippen molar-refractivity contribution in [3.8, 4) is 0 Å². The first-order valence-corrected chi connectivity index (χ1v) is 7.32. The highest BCUT2D eigenvalue weighted by atomic mass is 16.2. The van der Waals surface area contributed by atoms with Crippen molar-refractivity contribution in [1.29, 1.82) is 0 Å². The summed E-state index contributed by atoms with van der Waals surface area (Å²) in [4.78, 5) is 19.4. The first-order valence-electron chi connectivity index (χ1n) is 7.32. The van der Waals surface area contributed by atoms with Gasteiger partial charge in [0.15, 0.2) is 0 Å². The molecule has 0 atom stereocenters. The molecule has 1 aliphatic heterocycles. The summed E-state index contributed by atoms with van der Waals surface area (Å²) in [5.74, 6) is 0. The number of hydrogen-bond acceptors (Lipinski definition) is 3. The van der Waals surface area contributed by atoms with Crippen molar-refractivity contribution >= 4 is 6.03 Å². The van der Waals surface area contributed by atoms with Crippen LogP contribution in [0.15, 0.2) is 18.7 Å². The maximum atomic E-state index is 11.8. The summed E-state index contributed by atoms with van der Waals surface area (Å²) in [7, 11) is 3.62. The third-order valence-electron chi connectivity index (χ3n) is 3.73. The molecule has 2 rings (SSSR count). The molecule has 1 saturated heterocycles. The fourth-order valence-corrected chi connectivity index (χ4v) is 2.54. The van der Waals surface area contributed by atoms with Gasteiger partial charge in [-0.1, -0.05) is 0 Å². The van der Waals surface area contributed by atoms with E-state index in [1.54, 1.807) is 4.90 Å². The number of piperidine rings is 1. The molecule has 20 heavy (non-hydrogen) atoms. The van der Waals surface area contributed by atoms with Gasteiger partial charge in [-0.2, -0.15) is 0 Å². The lowest BCUT2D eigenvalue weighted by molar-refractivity contribution is 0.152. The van der Waals surface area contributed by atoms with Gasteiger partial charge in [-0.15, -0.1) is 0 Å².